The van der Waals surface area contributed by atoms with Gasteiger partial charge in [0, 0.05) is 54.8 Å². The van der Waals surface area contributed by atoms with Gasteiger partial charge in [-0.25, -0.2) is 19.6 Å². The lowest BCUT2D eigenvalue weighted by Crippen LogP contribution is -2.62. The predicted molar refractivity (Wildman–Crippen MR) is 350 cm³/mol. The average Bonchev–Trinajstić information content (AvgIpc) is 1.75. The number of hydrogen-bond donors (Lipinski definition) is 23. The third-order valence-corrected chi connectivity index (χ3v) is 17.8. The minimum Gasteiger partial charge on any atom is -0.481 e. The lowest BCUT2D eigenvalue weighted by molar-refractivity contribution is -0.142. The van der Waals surface area contributed by atoms with Gasteiger partial charge in [0.1, 0.15) is 60.4 Å². The van der Waals surface area contributed by atoms with Gasteiger partial charge < -0.3 is 115 Å². The number of hydrogen-bond acceptors (Lipinski definition) is 23. The van der Waals surface area contributed by atoms with Gasteiger partial charge in [0.2, 0.25) is 65.0 Å². The number of aliphatic carboxylic acids is 3. The van der Waals surface area contributed by atoms with Gasteiger partial charge in [-0.1, -0.05) is 26.7 Å². The van der Waals surface area contributed by atoms with Crippen LogP contribution in [0.5, 0.6) is 0 Å². The van der Waals surface area contributed by atoms with E-state index in [0.29, 0.717) is 25.7 Å². The number of aromatic amines is 2. The van der Waals surface area contributed by atoms with Crippen LogP contribution in [0.15, 0.2) is 25.0 Å². The Balaban J connectivity index is 1.42. The average molecular weight is 1440 g/mol. The largest absolute Gasteiger partial charge is 0.481 e. The van der Waals surface area contributed by atoms with Crippen LogP contribution in [0.4, 0.5) is 4.79 Å². The number of nitrogens with two attached hydrogens (primary N) is 1. The number of imidazole rings is 2. The van der Waals surface area contributed by atoms with Crippen molar-refractivity contribution in [2.24, 2.45) is 11.7 Å². The Labute approximate surface area is 576 Å². The fourth-order valence-corrected chi connectivity index (χ4v) is 12.0. The summed E-state index contributed by atoms with van der Waals surface area (Å²) in [5, 5.41) is 91.4. The lowest BCUT2D eigenvalue weighted by atomic mass is 9.97. The summed E-state index contributed by atoms with van der Waals surface area (Å²) < 4.78 is 0. The standard InChI is InChI=1S/C58H90N18O21S2/c1-4-27(2)45(55(93)72-38(23-98)57(95)96)74-50(88)32(12-13-43(82)83)67-56(94)46(28(3)79)75-52(90)35(17-44(84)85)66-42(81)20-62-48(86)33(15-29-18-60-25-63-29)68-53(91)37(22-78)71-51(89)34(16-30-19-61-26-64-30)69-54(92)36(21-77)70-49(87)31(9-7-8-14-59)65-41(80)11-6-5-10-40-47-39(24-99-40)73-58(97)76-47/h18-19,25-28,31-40,45-47,77-79,98H,4-17,20-24,59H2,1-3H3,(H,60,63)(H,61,64)(H,62,86)(H,65,80)(H,66,81)(H,67,94)(H,68,91)(H,69,92)(H,70,87)(H,71,89)(H,72,93)(H,74,88)(H,75,90)(H,82,83)(H,84,85)(H,95,96)(H2,73,76,97)/t27-,28+,31-,32-,33-,34-,35-,36-,37-,38-,39-,40-,45-,46-,47-/m0/s1. The van der Waals surface area contributed by atoms with Crippen LogP contribution >= 0.6 is 24.4 Å². The number of aliphatic hydroxyl groups is 3. The second-order valence-electron chi connectivity index (χ2n) is 23.5. The molecule has 0 saturated carbocycles. The van der Waals surface area contributed by atoms with Gasteiger partial charge in [0.25, 0.3) is 0 Å². The first-order valence-corrected chi connectivity index (χ1v) is 33.5. The quantitative estimate of drug-likeness (QED) is 0.0166. The molecular weight excluding hydrogens is 1350 g/mol. The number of unbranched alkanes of at least 4 members (excludes halogenated alkanes) is 2. The van der Waals surface area contributed by atoms with Crippen molar-refractivity contribution in [1.82, 2.24) is 89.1 Å². The number of amides is 13. The number of carboxylic acid groups (broad SMARTS) is 3. The normalized spacial score (nSPS) is 18.2. The molecule has 0 spiro atoms. The van der Waals surface area contributed by atoms with Crippen LogP contribution in [0.2, 0.25) is 0 Å². The van der Waals surface area contributed by atoms with Gasteiger partial charge >= 0.3 is 23.9 Å². The summed E-state index contributed by atoms with van der Waals surface area (Å²) >= 11 is 5.65. The van der Waals surface area contributed by atoms with Crippen molar-refractivity contribution >= 4 is 113 Å². The fourth-order valence-electron chi connectivity index (χ4n) is 10.2. The van der Waals surface area contributed by atoms with E-state index in [1.165, 1.54) is 32.0 Å². The number of carbonyl (C=O) groups excluding carboxylic acids is 12. The maximum atomic E-state index is 14.1. The van der Waals surface area contributed by atoms with Crippen LogP contribution in [0.3, 0.4) is 0 Å². The first kappa shape index (κ1) is 82.2. The van der Waals surface area contributed by atoms with E-state index in [4.69, 9.17) is 5.73 Å². The molecule has 2 aliphatic heterocycles. The molecule has 39 nitrogen and oxygen atoms in total. The van der Waals surface area contributed by atoms with Crippen LogP contribution in [0.25, 0.3) is 0 Å². The third kappa shape index (κ3) is 27.6. The number of nitrogens with one attached hydrogen (secondary N) is 15. The van der Waals surface area contributed by atoms with Gasteiger partial charge in [0.15, 0.2) is 0 Å². The molecule has 0 aliphatic carbocycles. The minimum atomic E-state index is -2.07. The number of thioether (sulfide) groups is 1. The Morgan fingerprint density at radius 3 is 1.62 bits per heavy atom. The Morgan fingerprint density at radius 1 is 0.586 bits per heavy atom. The van der Waals surface area contributed by atoms with Gasteiger partial charge in [-0.3, -0.25) is 62.3 Å². The number of nitrogens with zero attached hydrogens (tertiary/aromatic N) is 2. The van der Waals surface area contributed by atoms with Crippen molar-refractivity contribution in [2.45, 2.75) is 188 Å². The number of aromatic nitrogens is 4. The van der Waals surface area contributed by atoms with Gasteiger partial charge in [0.05, 0.1) is 68.4 Å². The van der Waals surface area contributed by atoms with Crippen molar-refractivity contribution in [3.63, 3.8) is 0 Å². The van der Waals surface area contributed by atoms with Crippen LogP contribution in [-0.2, 0) is 80.0 Å². The van der Waals surface area contributed by atoms with Gasteiger partial charge in [-0.05, 0) is 57.9 Å². The molecule has 2 saturated heterocycles. The molecule has 0 unspecified atom stereocenters. The highest BCUT2D eigenvalue weighted by Crippen LogP contribution is 2.33. The molecule has 0 bridgehead atoms. The van der Waals surface area contributed by atoms with Crippen molar-refractivity contribution in [1.29, 1.82) is 0 Å². The number of carboxylic acids is 3. The van der Waals surface area contributed by atoms with Crippen molar-refractivity contribution < 1.29 is 103 Å². The number of urea groups is 1. The Kier molecular flexibility index (Phi) is 34.8. The summed E-state index contributed by atoms with van der Waals surface area (Å²) in [5.74, 6) is -16.8. The van der Waals surface area contributed by atoms with Crippen molar-refractivity contribution in [3.8, 4) is 0 Å². The third-order valence-electron chi connectivity index (χ3n) is 15.9. The molecule has 23 N–H and O–H groups in total. The van der Waals surface area contributed by atoms with E-state index < -0.39 is 201 Å². The molecule has 15 atom stereocenters. The molecular formula is C58H90N18O21S2. The summed E-state index contributed by atoms with van der Waals surface area (Å²) in [6.45, 7) is 1.26. The predicted octanol–water partition coefficient (Wildman–Crippen LogP) is -7.50. The molecule has 550 valence electrons. The number of carbonyl (C=O) groups is 15. The molecule has 41 heteroatoms. The topological polar surface area (TPSA) is 617 Å². The summed E-state index contributed by atoms with van der Waals surface area (Å²) in [7, 11) is 0. The van der Waals surface area contributed by atoms with E-state index in [0.717, 1.165) is 19.1 Å². The van der Waals surface area contributed by atoms with Crippen LogP contribution in [0.1, 0.15) is 103 Å². The van der Waals surface area contributed by atoms with Crippen molar-refractivity contribution in [2.75, 3.05) is 37.8 Å². The summed E-state index contributed by atoms with van der Waals surface area (Å²) in [6.07, 6.45) is 3.11. The zero-order valence-electron chi connectivity index (χ0n) is 54.5. The SMILES string of the molecule is CC[C@H](C)[C@H](NC(=O)[C@H](CCC(=O)O)NC(=O)[C@@H](NC(=O)[C@H](CC(=O)O)NC(=O)CNC(=O)[C@H](Cc1c[nH]cn1)NC(=O)[C@H](CO)NC(=O)[C@H](Cc1c[nH]cn1)NC(=O)[C@H](CO)NC(=O)[C@H](CCCCN)NC(=O)CCCC[C@@H]1SC[C@@H]2NC(=O)N[C@@H]21)[C@@H](C)O)C(=O)N[C@@H](CS)C(=O)O. The highest BCUT2D eigenvalue weighted by Gasteiger charge is 2.43. The Bertz CT molecular complexity index is 3100. The van der Waals surface area contributed by atoms with Crippen molar-refractivity contribution in [3.05, 3.63) is 36.4 Å². The number of aliphatic hydroxyl groups excluding tert-OH is 3. The van der Waals surface area contributed by atoms with E-state index in [-0.39, 0.29) is 72.7 Å². The number of H-pyrrole nitrogens is 2. The minimum absolute atomic E-state index is 0.00934. The monoisotopic (exact) mass is 1440 g/mol. The molecule has 4 heterocycles. The van der Waals surface area contributed by atoms with E-state index in [1.54, 1.807) is 18.7 Å². The van der Waals surface area contributed by atoms with Gasteiger partial charge in [-0.2, -0.15) is 24.4 Å². The molecule has 0 aromatic carbocycles. The van der Waals surface area contributed by atoms with E-state index in [1.807, 2.05) is 0 Å². The summed E-state index contributed by atoms with van der Waals surface area (Å²) in [5.41, 5.74) is 6.02. The summed E-state index contributed by atoms with van der Waals surface area (Å²) in [6, 6.07) is -17.1. The molecule has 99 heavy (non-hydrogen) atoms. The van der Waals surface area contributed by atoms with E-state index >= 15 is 0 Å². The zero-order chi connectivity index (χ0) is 73.5. The maximum Gasteiger partial charge on any atom is 0.327 e. The first-order chi connectivity index (χ1) is 47.0. The second kappa shape index (κ2) is 41.9. The fraction of sp³-hybridized carbons (Fsp3) is 0.638. The Morgan fingerprint density at radius 2 is 1.09 bits per heavy atom. The van der Waals surface area contributed by atoms with E-state index in [2.05, 4.69) is 102 Å². The highest BCUT2D eigenvalue weighted by atomic mass is 32.2. The molecule has 13 amide bonds. The molecule has 2 fully saturated rings. The molecule has 4 rings (SSSR count). The molecule has 2 aliphatic rings. The number of thiol groups is 1. The molecule has 2 aromatic heterocycles. The van der Waals surface area contributed by atoms with Crippen LogP contribution in [-0.4, -0.2) is 261 Å². The smallest absolute Gasteiger partial charge is 0.327 e. The zero-order valence-corrected chi connectivity index (χ0v) is 56.2. The second-order valence-corrected chi connectivity index (χ2v) is 25.2. The molecule has 2 aromatic rings. The highest BCUT2D eigenvalue weighted by molar-refractivity contribution is 8.00. The van der Waals surface area contributed by atoms with Crippen LogP contribution < -0.4 is 74.9 Å². The van der Waals surface area contributed by atoms with Gasteiger partial charge in [-0.15, -0.1) is 0 Å². The number of fused-ring (bicyclic) bond motifs is 1. The Hall–Kier alpha value is -9.19. The lowest BCUT2D eigenvalue weighted by Gasteiger charge is -2.29. The van der Waals surface area contributed by atoms with Crippen LogP contribution in [0, 0.1) is 5.92 Å². The first-order valence-electron chi connectivity index (χ1n) is 31.8. The van der Waals surface area contributed by atoms with E-state index in [9.17, 15) is 103 Å². The summed E-state index contributed by atoms with van der Waals surface area (Å²) in [4.78, 5) is 211. The molecule has 0 radical (unpaired) electrons. The maximum absolute atomic E-state index is 14.1. The number of rotatable bonds is 46.